The van der Waals surface area contributed by atoms with Crippen LogP contribution in [0.1, 0.15) is 279 Å². The van der Waals surface area contributed by atoms with Crippen LogP contribution >= 0.6 is 0 Å². The minimum atomic E-state index is -1.73. The fourth-order valence-corrected chi connectivity index (χ4v) is 15.3. The van der Waals surface area contributed by atoms with Gasteiger partial charge in [-0.2, -0.15) is 0 Å². The third-order valence-corrected chi connectivity index (χ3v) is 19.7. The fraction of sp³-hybridized carbons (Fsp3) is 0.917. The molecule has 0 unspecified atom stereocenters. The van der Waals surface area contributed by atoms with Gasteiger partial charge in [0.05, 0.1) is 103 Å². The highest BCUT2D eigenvalue weighted by molar-refractivity contribution is 6.00. The Labute approximate surface area is 575 Å². The lowest BCUT2D eigenvalue weighted by Gasteiger charge is -2.49. The maximum Gasteiger partial charge on any atom is 0.323 e. The van der Waals surface area contributed by atoms with E-state index in [0.29, 0.717) is 103 Å². The van der Waals surface area contributed by atoms with Crippen molar-refractivity contribution in [2.45, 2.75) is 347 Å². The number of esters is 6. The van der Waals surface area contributed by atoms with Crippen LogP contribution in [0.4, 0.5) is 0 Å². The van der Waals surface area contributed by atoms with Crippen molar-refractivity contribution in [2.24, 2.45) is 10.8 Å². The molecule has 4 fully saturated rings. The van der Waals surface area contributed by atoms with E-state index in [1.165, 1.54) is 0 Å². The van der Waals surface area contributed by atoms with Gasteiger partial charge in [0, 0.05) is 70.0 Å². The van der Waals surface area contributed by atoms with Gasteiger partial charge in [0.15, 0.2) is 10.8 Å². The minimum absolute atomic E-state index is 0.0405. The van der Waals surface area contributed by atoms with Crippen LogP contribution in [-0.2, 0) is 97.0 Å². The number of piperidine rings is 4. The normalized spacial score (nSPS) is 21.7. The molecule has 4 aliphatic rings. The van der Waals surface area contributed by atoms with Crippen LogP contribution < -0.4 is 0 Å². The van der Waals surface area contributed by atoms with E-state index in [4.69, 9.17) is 47.4 Å². The van der Waals surface area contributed by atoms with Gasteiger partial charge in [-0.1, -0.05) is 39.5 Å². The van der Waals surface area contributed by atoms with Gasteiger partial charge >= 0.3 is 35.8 Å². The third kappa shape index (κ3) is 24.6. The van der Waals surface area contributed by atoms with Crippen LogP contribution in [0.15, 0.2) is 0 Å². The van der Waals surface area contributed by atoms with Crippen LogP contribution in [-0.4, -0.2) is 191 Å². The highest BCUT2D eigenvalue weighted by Crippen LogP contribution is 2.43. The molecule has 24 heteroatoms. The SMILES string of the molecule is CCCCC(CCCOC(=O)CCC(=O)OCCCC(CCCC)(C(=O)OCCCOC1CC(C)(C)N([O])C(C)(C)C1)C(=O)OCCCOC1CC(C)(C)N([O])C(C)(C)C1)(C(=O)OCCCOC1CC(C)(C)N([O])C(C)(C)C1)C(=O)OCCCOC1CC(C)(C)N([O])C(C)(C)C1. The lowest BCUT2D eigenvalue weighted by atomic mass is 9.78. The number of ether oxygens (including phenoxy) is 10. The molecular weight excluding hydrogens is 1240 g/mol. The number of rotatable bonds is 41. The van der Waals surface area contributed by atoms with Crippen molar-refractivity contribution in [1.29, 1.82) is 0 Å². The summed E-state index contributed by atoms with van der Waals surface area (Å²) < 4.78 is 59.3. The summed E-state index contributed by atoms with van der Waals surface area (Å²) in [4.78, 5) is 83.6. The highest BCUT2D eigenvalue weighted by Gasteiger charge is 2.53. The monoisotopic (exact) mass is 1370 g/mol. The zero-order chi connectivity index (χ0) is 72.2. The van der Waals surface area contributed by atoms with E-state index in [2.05, 4.69) is 0 Å². The summed E-state index contributed by atoms with van der Waals surface area (Å²) in [7, 11) is 0. The molecule has 4 saturated heterocycles. The molecule has 24 nitrogen and oxygen atoms in total. The smallest absolute Gasteiger partial charge is 0.323 e. The third-order valence-electron chi connectivity index (χ3n) is 19.7. The predicted octanol–water partition coefficient (Wildman–Crippen LogP) is 12.0. The van der Waals surface area contributed by atoms with Gasteiger partial charge in [-0.15, -0.1) is 41.1 Å². The summed E-state index contributed by atoms with van der Waals surface area (Å²) in [5.74, 6) is -4.45. The fourth-order valence-electron chi connectivity index (χ4n) is 15.3. The van der Waals surface area contributed by atoms with Gasteiger partial charge < -0.3 is 47.4 Å². The molecule has 554 valence electrons. The average molecular weight is 1370 g/mol. The van der Waals surface area contributed by atoms with Gasteiger partial charge in [0.1, 0.15) is 0 Å². The first-order valence-electron chi connectivity index (χ1n) is 35.9. The molecule has 0 aromatic rings. The van der Waals surface area contributed by atoms with Crippen molar-refractivity contribution in [3.8, 4) is 0 Å². The second kappa shape index (κ2) is 36.8. The Kier molecular flexibility index (Phi) is 32.5. The summed E-state index contributed by atoms with van der Waals surface area (Å²) in [6, 6.07) is 0. The summed E-state index contributed by atoms with van der Waals surface area (Å²) in [5, 5.41) is 56.2. The van der Waals surface area contributed by atoms with E-state index in [1.54, 1.807) is 0 Å². The summed E-state index contributed by atoms with van der Waals surface area (Å²) in [6.45, 7) is 34.7. The van der Waals surface area contributed by atoms with E-state index in [9.17, 15) is 49.6 Å². The maximum absolute atomic E-state index is 14.3. The zero-order valence-electron chi connectivity index (χ0n) is 62.3. The topological polar surface area (TPSA) is 287 Å². The predicted molar refractivity (Wildman–Crippen MR) is 354 cm³/mol. The second-order valence-corrected chi connectivity index (χ2v) is 32.8. The van der Waals surface area contributed by atoms with E-state index in [-0.39, 0.29) is 142 Å². The quantitative estimate of drug-likeness (QED) is 0.0238. The maximum atomic E-state index is 14.3. The van der Waals surface area contributed by atoms with E-state index in [1.807, 2.05) is 125 Å². The Hall–Kier alpha value is -3.66. The first kappa shape index (κ1) is 84.8. The Morgan fingerprint density at radius 1 is 0.292 bits per heavy atom. The Morgan fingerprint density at radius 3 is 0.677 bits per heavy atom. The van der Waals surface area contributed by atoms with Gasteiger partial charge in [0.25, 0.3) is 0 Å². The molecule has 0 saturated carbocycles. The number of carbonyl (C=O) groups excluding carboxylic acids is 6. The molecule has 4 heterocycles. The largest absolute Gasteiger partial charge is 0.466 e. The lowest BCUT2D eigenvalue weighted by Crippen LogP contribution is -2.59. The summed E-state index contributed by atoms with van der Waals surface area (Å²) in [5.41, 5.74) is -8.43. The van der Waals surface area contributed by atoms with Crippen LogP contribution in [0.5, 0.6) is 0 Å². The standard InChI is InChI=1S/C72H126N4O20/c1-19-21-31-71(59(79)93-41-25-37-87-53-45-63(3,4)73(83)64(5,6)46-53,60(80)94-42-26-38-88-54-47-65(7,8)74(84)66(9,10)48-54)33-23-35-91-57(77)29-30-58(78)92-36-24-34-72(32-22-20-2,61(81)95-43-27-39-89-55-49-67(11,12)75(85)68(13,14)50-55)62(82)96-44-28-40-90-56-51-69(15,16)76(86)70(17,18)52-56/h53-56H,19-52H2,1-18H3. The van der Waals surface area contributed by atoms with Gasteiger partial charge in [-0.25, -0.2) is 0 Å². The van der Waals surface area contributed by atoms with Crippen LogP contribution in [0.2, 0.25) is 0 Å². The number of hydrogen-bond donors (Lipinski definition) is 0. The van der Waals surface area contributed by atoms with Crippen molar-refractivity contribution in [3.63, 3.8) is 0 Å². The van der Waals surface area contributed by atoms with Crippen LogP contribution in [0.25, 0.3) is 0 Å². The van der Waals surface area contributed by atoms with E-state index < -0.39 is 91.0 Å². The van der Waals surface area contributed by atoms with Crippen molar-refractivity contribution >= 4 is 35.8 Å². The molecule has 0 aliphatic carbocycles. The molecule has 0 bridgehead atoms. The molecular formula is C72H126N4O20. The van der Waals surface area contributed by atoms with Crippen molar-refractivity contribution < 1.29 is 97.0 Å². The zero-order valence-corrected chi connectivity index (χ0v) is 62.3. The number of hydrogen-bond acceptors (Lipinski definition) is 20. The second-order valence-electron chi connectivity index (χ2n) is 32.8. The van der Waals surface area contributed by atoms with E-state index >= 15 is 0 Å². The molecule has 0 amide bonds. The molecule has 0 N–H and O–H groups in total. The van der Waals surface area contributed by atoms with E-state index in [0.717, 1.165) is 20.3 Å². The first-order chi connectivity index (χ1) is 44.6. The van der Waals surface area contributed by atoms with Crippen LogP contribution in [0.3, 0.4) is 0 Å². The minimum Gasteiger partial charge on any atom is -0.466 e. The van der Waals surface area contributed by atoms with Crippen LogP contribution in [0, 0.1) is 10.8 Å². The summed E-state index contributed by atoms with van der Waals surface area (Å²) in [6.07, 6.45) is 6.84. The molecule has 4 aliphatic heterocycles. The molecule has 96 heavy (non-hydrogen) atoms. The molecule has 0 aromatic heterocycles. The Morgan fingerprint density at radius 2 is 0.479 bits per heavy atom. The van der Waals surface area contributed by atoms with Crippen molar-refractivity contribution in [2.75, 3.05) is 66.1 Å². The summed E-state index contributed by atoms with van der Waals surface area (Å²) >= 11 is 0. The molecule has 0 atom stereocenters. The first-order valence-corrected chi connectivity index (χ1v) is 35.9. The number of unbranched alkanes of at least 4 members (excludes halogenated alkanes) is 2. The van der Waals surface area contributed by atoms with Gasteiger partial charge in [-0.3, -0.25) is 28.8 Å². The number of carbonyl (C=O) groups is 6. The lowest BCUT2D eigenvalue weighted by molar-refractivity contribution is -0.301. The average Bonchev–Trinajstić information content (AvgIpc) is 0.813. The van der Waals surface area contributed by atoms with Gasteiger partial charge in [0.2, 0.25) is 0 Å². The molecule has 4 rings (SSSR count). The van der Waals surface area contributed by atoms with Crippen molar-refractivity contribution in [1.82, 2.24) is 20.3 Å². The molecule has 0 aromatic carbocycles. The Balaban J connectivity index is 1.35. The Bertz CT molecular complexity index is 2080. The van der Waals surface area contributed by atoms with Crippen molar-refractivity contribution in [3.05, 3.63) is 0 Å². The van der Waals surface area contributed by atoms with Gasteiger partial charge in [-0.05, 0) is 201 Å². The molecule has 4 radical (unpaired) electrons. The molecule has 0 spiro atoms. The number of hydroxylamine groups is 8. The highest BCUT2D eigenvalue weighted by atomic mass is 16.6. The number of nitrogens with zero attached hydrogens (tertiary/aromatic N) is 4.